The van der Waals surface area contributed by atoms with Gasteiger partial charge in [0, 0.05) is 12.6 Å². The number of nitrogens with two attached hydrogens (primary N) is 1. The van der Waals surface area contributed by atoms with Crippen molar-refractivity contribution in [1.29, 1.82) is 0 Å². The average molecular weight is 307 g/mol. The van der Waals surface area contributed by atoms with Crippen LogP contribution in [-0.4, -0.2) is 30.7 Å². The van der Waals surface area contributed by atoms with Crippen LogP contribution in [0, 0.1) is 11.3 Å². The molecule has 0 bridgehead atoms. The predicted molar refractivity (Wildman–Crippen MR) is 85.0 cm³/mol. The lowest BCUT2D eigenvalue weighted by atomic mass is 9.83. The van der Waals surface area contributed by atoms with Crippen molar-refractivity contribution in [3.8, 4) is 0 Å². The Bertz CT molecular complexity index is 305. The van der Waals surface area contributed by atoms with Gasteiger partial charge in [0.2, 0.25) is 5.91 Å². The Labute approximate surface area is 129 Å². The number of rotatable bonds is 4. The molecule has 0 aromatic rings. The minimum atomic E-state index is -0.402. The van der Waals surface area contributed by atoms with E-state index in [9.17, 15) is 4.79 Å². The van der Waals surface area contributed by atoms with Crippen molar-refractivity contribution in [2.75, 3.05) is 6.61 Å². The fourth-order valence-electron chi connectivity index (χ4n) is 2.34. The number of amides is 1. The monoisotopic (exact) mass is 306 g/mol. The first-order chi connectivity index (χ1) is 8.75. The van der Waals surface area contributed by atoms with Crippen molar-refractivity contribution in [3.63, 3.8) is 0 Å². The minimum absolute atomic E-state index is 0. The van der Waals surface area contributed by atoms with Gasteiger partial charge in [-0.05, 0) is 24.2 Å². The van der Waals surface area contributed by atoms with Crippen molar-refractivity contribution < 1.29 is 9.53 Å². The molecule has 1 aliphatic rings. The summed E-state index contributed by atoms with van der Waals surface area (Å²) in [5.41, 5.74) is 6.08. The molecule has 4 unspecified atom stereocenters. The van der Waals surface area contributed by atoms with Crippen LogP contribution in [0.15, 0.2) is 0 Å². The minimum Gasteiger partial charge on any atom is -0.378 e. The molecule has 0 aromatic heterocycles. The smallest absolute Gasteiger partial charge is 0.237 e. The third-order valence-electron chi connectivity index (χ3n) is 4.16. The van der Waals surface area contributed by atoms with Crippen LogP contribution in [0.1, 0.15) is 53.9 Å². The summed E-state index contributed by atoms with van der Waals surface area (Å²) in [6.07, 6.45) is 2.88. The van der Waals surface area contributed by atoms with Gasteiger partial charge >= 0.3 is 0 Å². The normalized spacial score (nSPS) is 26.3. The lowest BCUT2D eigenvalue weighted by Gasteiger charge is -2.38. The molecule has 4 atom stereocenters. The maximum Gasteiger partial charge on any atom is 0.237 e. The first kappa shape index (κ1) is 19.7. The number of carbonyl (C=O) groups is 1. The van der Waals surface area contributed by atoms with Gasteiger partial charge in [-0.1, -0.05) is 41.0 Å². The van der Waals surface area contributed by atoms with Crippen molar-refractivity contribution in [3.05, 3.63) is 0 Å². The molecule has 1 amide bonds. The van der Waals surface area contributed by atoms with Gasteiger partial charge in [-0.15, -0.1) is 12.4 Å². The second kappa shape index (κ2) is 8.20. The second-order valence-corrected chi connectivity index (χ2v) is 6.87. The maximum atomic E-state index is 12.1. The van der Waals surface area contributed by atoms with Crippen LogP contribution in [0.4, 0.5) is 0 Å². The summed E-state index contributed by atoms with van der Waals surface area (Å²) >= 11 is 0. The molecule has 1 heterocycles. The van der Waals surface area contributed by atoms with Crippen molar-refractivity contribution in [2.45, 2.75) is 72.1 Å². The van der Waals surface area contributed by atoms with Crippen LogP contribution < -0.4 is 11.1 Å². The van der Waals surface area contributed by atoms with Gasteiger partial charge in [0.15, 0.2) is 0 Å². The summed E-state index contributed by atoms with van der Waals surface area (Å²) in [6.45, 7) is 11.3. The van der Waals surface area contributed by atoms with E-state index in [2.05, 4.69) is 33.0 Å². The first-order valence-corrected chi connectivity index (χ1v) is 7.43. The van der Waals surface area contributed by atoms with Crippen LogP contribution >= 0.6 is 12.4 Å². The topological polar surface area (TPSA) is 64.4 Å². The van der Waals surface area contributed by atoms with E-state index in [0.717, 1.165) is 19.3 Å². The Morgan fingerprint density at radius 1 is 1.45 bits per heavy atom. The molecular weight excluding hydrogens is 276 g/mol. The Hall–Kier alpha value is -0.320. The summed E-state index contributed by atoms with van der Waals surface area (Å²) in [4.78, 5) is 12.1. The molecule has 0 radical (unpaired) electrons. The molecule has 3 N–H and O–H groups in total. The zero-order valence-corrected chi connectivity index (χ0v) is 14.3. The summed E-state index contributed by atoms with van der Waals surface area (Å²) < 4.78 is 5.80. The van der Waals surface area contributed by atoms with Crippen LogP contribution in [0.5, 0.6) is 0 Å². The standard InChI is InChI=1S/C15H30N2O2.ClH/c1-6-10(2)13(16)14(18)17-11-7-8-19-12(9-11)15(3,4)5;/h10-13H,6-9,16H2,1-5H3,(H,17,18);1H. The first-order valence-electron chi connectivity index (χ1n) is 7.43. The predicted octanol–water partition coefficient (Wildman–Crippen LogP) is 2.49. The molecular formula is C15H31ClN2O2. The lowest BCUT2D eigenvalue weighted by molar-refractivity contribution is -0.126. The number of hydrogen-bond acceptors (Lipinski definition) is 3. The molecule has 1 rings (SSSR count). The highest BCUT2D eigenvalue weighted by Gasteiger charge is 2.33. The summed E-state index contributed by atoms with van der Waals surface area (Å²) in [5.74, 6) is 0.201. The number of nitrogens with one attached hydrogen (secondary N) is 1. The fourth-order valence-corrected chi connectivity index (χ4v) is 2.34. The molecule has 0 spiro atoms. The van der Waals surface area contributed by atoms with E-state index < -0.39 is 6.04 Å². The van der Waals surface area contributed by atoms with Crippen LogP contribution in [0.3, 0.4) is 0 Å². The Morgan fingerprint density at radius 2 is 2.05 bits per heavy atom. The van der Waals surface area contributed by atoms with Gasteiger partial charge in [0.05, 0.1) is 12.1 Å². The van der Waals surface area contributed by atoms with E-state index in [1.54, 1.807) is 0 Å². The third-order valence-corrected chi connectivity index (χ3v) is 4.16. The Kier molecular flexibility index (Phi) is 8.07. The van der Waals surface area contributed by atoms with Crippen molar-refractivity contribution >= 4 is 18.3 Å². The molecule has 5 heteroatoms. The van der Waals surface area contributed by atoms with Gasteiger partial charge in [-0.3, -0.25) is 4.79 Å². The summed E-state index contributed by atoms with van der Waals surface area (Å²) in [6, 6.07) is -0.207. The van der Waals surface area contributed by atoms with Crippen LogP contribution in [0.2, 0.25) is 0 Å². The summed E-state index contributed by atoms with van der Waals surface area (Å²) in [7, 11) is 0. The third kappa shape index (κ3) is 5.58. The van der Waals surface area contributed by atoms with Gasteiger partial charge < -0.3 is 15.8 Å². The number of hydrogen-bond donors (Lipinski definition) is 2. The van der Waals surface area contributed by atoms with E-state index in [0.29, 0.717) is 6.61 Å². The van der Waals surface area contributed by atoms with E-state index >= 15 is 0 Å². The van der Waals surface area contributed by atoms with E-state index in [4.69, 9.17) is 10.5 Å². The quantitative estimate of drug-likeness (QED) is 0.838. The number of halogens is 1. The molecule has 1 aliphatic heterocycles. The highest BCUT2D eigenvalue weighted by atomic mass is 35.5. The van der Waals surface area contributed by atoms with Gasteiger partial charge in [0.1, 0.15) is 0 Å². The van der Waals surface area contributed by atoms with Gasteiger partial charge in [-0.25, -0.2) is 0 Å². The van der Waals surface area contributed by atoms with E-state index in [-0.39, 0.29) is 41.8 Å². The maximum absolute atomic E-state index is 12.1. The zero-order valence-electron chi connectivity index (χ0n) is 13.4. The lowest BCUT2D eigenvalue weighted by Crippen LogP contribution is -2.51. The average Bonchev–Trinajstić information content (AvgIpc) is 2.36. The molecule has 0 aromatic carbocycles. The summed E-state index contributed by atoms with van der Waals surface area (Å²) in [5, 5.41) is 3.09. The molecule has 4 nitrogen and oxygen atoms in total. The van der Waals surface area contributed by atoms with E-state index in [1.165, 1.54) is 0 Å². The largest absolute Gasteiger partial charge is 0.378 e. The highest BCUT2D eigenvalue weighted by molar-refractivity contribution is 5.85. The van der Waals surface area contributed by atoms with Crippen LogP contribution in [0.25, 0.3) is 0 Å². The van der Waals surface area contributed by atoms with Crippen molar-refractivity contribution in [2.24, 2.45) is 17.1 Å². The molecule has 20 heavy (non-hydrogen) atoms. The fraction of sp³-hybridized carbons (Fsp3) is 0.933. The zero-order chi connectivity index (χ0) is 14.6. The Balaban J connectivity index is 0.00000361. The Morgan fingerprint density at radius 3 is 2.55 bits per heavy atom. The number of carbonyl (C=O) groups excluding carboxylic acids is 1. The van der Waals surface area contributed by atoms with E-state index in [1.807, 2.05) is 6.92 Å². The van der Waals surface area contributed by atoms with Crippen molar-refractivity contribution in [1.82, 2.24) is 5.32 Å². The molecule has 1 fully saturated rings. The second-order valence-electron chi connectivity index (χ2n) is 6.87. The molecule has 1 saturated heterocycles. The van der Waals surface area contributed by atoms with Crippen LogP contribution in [-0.2, 0) is 9.53 Å². The molecule has 0 aliphatic carbocycles. The van der Waals surface area contributed by atoms with Gasteiger partial charge in [0.25, 0.3) is 0 Å². The van der Waals surface area contributed by atoms with Gasteiger partial charge in [-0.2, -0.15) is 0 Å². The SMILES string of the molecule is CCC(C)C(N)C(=O)NC1CCOC(C(C)(C)C)C1.Cl. The molecule has 120 valence electrons. The highest BCUT2D eigenvalue weighted by Crippen LogP contribution is 2.29. The molecule has 0 saturated carbocycles. The number of ether oxygens (including phenoxy) is 1.